The molecule has 0 atom stereocenters. The quantitative estimate of drug-likeness (QED) is 0.447. The van der Waals surface area contributed by atoms with Gasteiger partial charge in [0.25, 0.3) is 11.8 Å². The lowest BCUT2D eigenvalue weighted by Crippen LogP contribution is -2.44. The summed E-state index contributed by atoms with van der Waals surface area (Å²) in [5, 5.41) is 12.8. The van der Waals surface area contributed by atoms with Crippen LogP contribution < -0.4 is 20.7 Å². The van der Waals surface area contributed by atoms with Gasteiger partial charge in [-0.05, 0) is 45.8 Å². The van der Waals surface area contributed by atoms with Crippen molar-refractivity contribution in [2.24, 2.45) is 7.05 Å². The third-order valence-electron chi connectivity index (χ3n) is 6.21. The highest BCUT2D eigenvalue weighted by molar-refractivity contribution is 6.01. The molecule has 0 bridgehead atoms. The monoisotopic (exact) mass is 492 g/mol. The molecule has 3 aromatic rings. The molecule has 3 aromatic heterocycles. The van der Waals surface area contributed by atoms with Crippen LogP contribution in [0.1, 0.15) is 47.8 Å². The molecule has 2 amide bonds. The number of nitrogens with one attached hydrogen (secondary N) is 3. The van der Waals surface area contributed by atoms with Crippen molar-refractivity contribution in [3.05, 3.63) is 42.5 Å². The Balaban J connectivity index is 1.30. The number of anilines is 3. The van der Waals surface area contributed by atoms with Gasteiger partial charge in [-0.15, -0.1) is 0 Å². The van der Waals surface area contributed by atoms with Gasteiger partial charge in [-0.25, -0.2) is 24.7 Å². The molecule has 2 fully saturated rings. The number of piperidine rings is 1. The average molecular weight is 493 g/mol. The van der Waals surface area contributed by atoms with E-state index in [2.05, 4.69) is 52.9 Å². The first-order valence-corrected chi connectivity index (χ1v) is 11.9. The van der Waals surface area contributed by atoms with Crippen molar-refractivity contribution in [3.8, 4) is 5.88 Å². The number of amides is 2. The Hall–Kier alpha value is -4.13. The number of rotatable bonds is 7. The fourth-order valence-electron chi connectivity index (χ4n) is 4.05. The molecule has 3 N–H and O–H groups in total. The van der Waals surface area contributed by atoms with Crippen LogP contribution in [-0.4, -0.2) is 72.8 Å². The molecule has 188 valence electrons. The number of aromatic nitrogens is 6. The number of hydrogen-bond acceptors (Lipinski definition) is 10. The van der Waals surface area contributed by atoms with E-state index in [0.29, 0.717) is 11.6 Å². The van der Waals surface area contributed by atoms with E-state index in [-0.39, 0.29) is 35.0 Å². The van der Waals surface area contributed by atoms with Gasteiger partial charge in [-0.3, -0.25) is 14.8 Å². The van der Waals surface area contributed by atoms with Crippen LogP contribution in [0.4, 0.5) is 22.0 Å². The lowest BCUT2D eigenvalue weighted by atomic mass is 10.1. The van der Waals surface area contributed by atoms with Gasteiger partial charge >= 0.3 is 6.09 Å². The lowest BCUT2D eigenvalue weighted by Gasteiger charge is -2.29. The Morgan fingerprint density at radius 3 is 2.50 bits per heavy atom. The highest BCUT2D eigenvalue weighted by atomic mass is 16.6. The molecule has 1 aliphatic heterocycles. The summed E-state index contributed by atoms with van der Waals surface area (Å²) in [7, 11) is 3.71. The molecular weight excluding hydrogens is 464 g/mol. The van der Waals surface area contributed by atoms with E-state index < -0.39 is 6.09 Å². The molecule has 36 heavy (non-hydrogen) atoms. The van der Waals surface area contributed by atoms with Crippen LogP contribution in [0.3, 0.4) is 0 Å². The van der Waals surface area contributed by atoms with Crippen molar-refractivity contribution < 1.29 is 14.3 Å². The van der Waals surface area contributed by atoms with Crippen LogP contribution >= 0.6 is 0 Å². The zero-order valence-corrected chi connectivity index (χ0v) is 20.1. The predicted molar refractivity (Wildman–Crippen MR) is 130 cm³/mol. The van der Waals surface area contributed by atoms with E-state index in [1.807, 2.05) is 0 Å². The summed E-state index contributed by atoms with van der Waals surface area (Å²) < 4.78 is 6.97. The minimum atomic E-state index is -0.814. The molecule has 1 aliphatic carbocycles. The topological polar surface area (TPSA) is 152 Å². The summed E-state index contributed by atoms with van der Waals surface area (Å²) in [6, 6.07) is 0.0689. The molecule has 0 spiro atoms. The molecule has 13 heteroatoms. The third-order valence-corrected chi connectivity index (χ3v) is 6.21. The van der Waals surface area contributed by atoms with E-state index in [4.69, 9.17) is 4.74 Å². The summed E-state index contributed by atoms with van der Waals surface area (Å²) in [6.07, 6.45) is 10.6. The Morgan fingerprint density at radius 2 is 1.78 bits per heavy atom. The number of hydrogen-bond donors (Lipinski definition) is 3. The van der Waals surface area contributed by atoms with Crippen LogP contribution in [-0.2, 0) is 7.05 Å². The van der Waals surface area contributed by atoms with Gasteiger partial charge < -0.3 is 20.3 Å². The van der Waals surface area contributed by atoms with Gasteiger partial charge in [0.1, 0.15) is 12.0 Å². The fourth-order valence-corrected chi connectivity index (χ4v) is 4.05. The maximum absolute atomic E-state index is 13.0. The minimum Gasteiger partial charge on any atom is -0.387 e. The third kappa shape index (κ3) is 5.57. The Morgan fingerprint density at radius 1 is 1.03 bits per heavy atom. The maximum atomic E-state index is 13.0. The Labute approximate surface area is 207 Å². The van der Waals surface area contributed by atoms with Crippen LogP contribution in [0.15, 0.2) is 31.1 Å². The standard InChI is InChI=1S/C23H28N10O3/c1-32-7-5-15(6-8-32)29-21(34)19-18(12-27-33(19)2)31-23(35)36-22-20(28-16-9-24-13-25-10-16)26-11-17(30-22)14-3-4-14/h9-15H,3-8H2,1-2H3,(H,26,28)(H,29,34)(H,31,35). The van der Waals surface area contributed by atoms with Gasteiger partial charge in [-0.1, -0.05) is 0 Å². The largest absolute Gasteiger partial charge is 0.418 e. The van der Waals surface area contributed by atoms with Crippen LogP contribution in [0.5, 0.6) is 5.88 Å². The summed E-state index contributed by atoms with van der Waals surface area (Å²) in [4.78, 5) is 44.9. The van der Waals surface area contributed by atoms with Gasteiger partial charge in [0.2, 0.25) is 0 Å². The van der Waals surface area contributed by atoms with Crippen molar-refractivity contribution in [3.63, 3.8) is 0 Å². The molecule has 1 saturated heterocycles. The first kappa shape index (κ1) is 23.6. The number of ether oxygens (including phenoxy) is 1. The van der Waals surface area contributed by atoms with Crippen LogP contribution in [0.25, 0.3) is 0 Å². The van der Waals surface area contributed by atoms with Gasteiger partial charge in [0.05, 0.1) is 41.9 Å². The van der Waals surface area contributed by atoms with E-state index >= 15 is 0 Å². The molecule has 0 unspecified atom stereocenters. The molecule has 5 rings (SSSR count). The zero-order chi connectivity index (χ0) is 25.1. The van der Waals surface area contributed by atoms with Crippen molar-refractivity contribution in [1.29, 1.82) is 0 Å². The number of aryl methyl sites for hydroxylation is 1. The summed E-state index contributed by atoms with van der Waals surface area (Å²) >= 11 is 0. The predicted octanol–water partition coefficient (Wildman–Crippen LogP) is 2.06. The van der Waals surface area contributed by atoms with Crippen molar-refractivity contribution >= 4 is 29.2 Å². The maximum Gasteiger partial charge on any atom is 0.418 e. The number of carbonyl (C=O) groups is 2. The summed E-state index contributed by atoms with van der Waals surface area (Å²) in [5.74, 6) is 0.268. The summed E-state index contributed by atoms with van der Waals surface area (Å²) in [5.41, 5.74) is 1.80. The normalized spacial score (nSPS) is 16.4. The van der Waals surface area contributed by atoms with Gasteiger partial charge in [0.15, 0.2) is 5.82 Å². The van der Waals surface area contributed by atoms with Crippen molar-refractivity contribution in [2.45, 2.75) is 37.6 Å². The highest BCUT2D eigenvalue weighted by Gasteiger charge is 2.28. The lowest BCUT2D eigenvalue weighted by molar-refractivity contribution is 0.0908. The molecule has 0 aromatic carbocycles. The Kier molecular flexibility index (Phi) is 6.71. The average Bonchev–Trinajstić information content (AvgIpc) is 3.65. The second-order valence-electron chi connectivity index (χ2n) is 9.07. The molecule has 1 saturated carbocycles. The van der Waals surface area contributed by atoms with Crippen molar-refractivity contribution in [1.82, 2.24) is 39.9 Å². The van der Waals surface area contributed by atoms with E-state index in [1.165, 1.54) is 17.2 Å². The molecule has 2 aliphatic rings. The van der Waals surface area contributed by atoms with Gasteiger partial charge in [0, 0.05) is 19.0 Å². The number of likely N-dealkylation sites (tertiary alicyclic amines) is 1. The Bertz CT molecular complexity index is 1240. The fraction of sp³-hybridized carbons (Fsp3) is 0.435. The van der Waals surface area contributed by atoms with E-state index in [1.54, 1.807) is 25.6 Å². The molecule has 0 radical (unpaired) electrons. The number of nitrogens with zero attached hydrogens (tertiary/aromatic N) is 7. The van der Waals surface area contributed by atoms with Crippen molar-refractivity contribution in [2.75, 3.05) is 30.8 Å². The number of carbonyl (C=O) groups excluding carboxylic acids is 2. The van der Waals surface area contributed by atoms with E-state index in [0.717, 1.165) is 44.5 Å². The summed E-state index contributed by atoms with van der Waals surface area (Å²) in [6.45, 7) is 1.83. The van der Waals surface area contributed by atoms with Gasteiger partial charge in [-0.2, -0.15) is 5.10 Å². The highest BCUT2D eigenvalue weighted by Crippen LogP contribution is 2.40. The zero-order valence-electron chi connectivity index (χ0n) is 20.1. The smallest absolute Gasteiger partial charge is 0.387 e. The van der Waals surface area contributed by atoms with E-state index in [9.17, 15) is 9.59 Å². The SMILES string of the molecule is CN1CCC(NC(=O)c2c(NC(=O)Oc3nc(C4CC4)cnc3Nc3cncnc3)cnn2C)CC1. The molecular formula is C23H28N10O3. The molecule has 4 heterocycles. The first-order valence-electron chi connectivity index (χ1n) is 11.9. The van der Waals surface area contributed by atoms with Crippen LogP contribution in [0.2, 0.25) is 0 Å². The van der Waals surface area contributed by atoms with Crippen LogP contribution in [0, 0.1) is 0 Å². The first-order chi connectivity index (χ1) is 17.5. The minimum absolute atomic E-state index is 0.0157. The molecule has 13 nitrogen and oxygen atoms in total. The second kappa shape index (κ2) is 10.2. The second-order valence-corrected chi connectivity index (χ2v) is 9.07.